The van der Waals surface area contributed by atoms with Crippen molar-refractivity contribution in [1.82, 2.24) is 4.72 Å². The van der Waals surface area contributed by atoms with Crippen molar-refractivity contribution in [3.63, 3.8) is 0 Å². The fraction of sp³-hybridized carbons (Fsp3) is 0.250. The summed E-state index contributed by atoms with van der Waals surface area (Å²) in [4.78, 5) is 0.263. The van der Waals surface area contributed by atoms with Crippen LogP contribution < -0.4 is 4.72 Å². The predicted octanol–water partition coefficient (Wildman–Crippen LogP) is 3.59. The highest BCUT2D eigenvalue weighted by atomic mass is 32.2. The third-order valence-electron chi connectivity index (χ3n) is 3.66. The number of sulfonamides is 1. The molecule has 5 heteroatoms. The number of hydrogen-bond donors (Lipinski definition) is 1. The zero-order chi connectivity index (χ0) is 18.1. The SMILES string of the molecule is C=C=CC(CCNS(=O)(=O)c1ccc(C)cc1)OCc1ccccc1. The fourth-order valence-corrected chi connectivity index (χ4v) is 3.31. The van der Waals surface area contributed by atoms with E-state index < -0.39 is 10.0 Å². The molecule has 2 aromatic rings. The van der Waals surface area contributed by atoms with E-state index in [9.17, 15) is 8.42 Å². The van der Waals surface area contributed by atoms with Gasteiger partial charge >= 0.3 is 0 Å². The molecule has 0 aliphatic rings. The minimum atomic E-state index is -3.51. The molecule has 1 N–H and O–H groups in total. The molecule has 0 amide bonds. The van der Waals surface area contributed by atoms with Gasteiger partial charge in [-0.1, -0.05) is 54.6 Å². The lowest BCUT2D eigenvalue weighted by Gasteiger charge is -2.14. The highest BCUT2D eigenvalue weighted by Crippen LogP contribution is 2.11. The fourth-order valence-electron chi connectivity index (χ4n) is 2.26. The molecule has 0 fully saturated rings. The summed E-state index contributed by atoms with van der Waals surface area (Å²) < 4.78 is 33.0. The largest absolute Gasteiger partial charge is 0.369 e. The summed E-state index contributed by atoms with van der Waals surface area (Å²) >= 11 is 0. The van der Waals surface area contributed by atoms with Crippen LogP contribution in [0.3, 0.4) is 0 Å². The quantitative estimate of drug-likeness (QED) is 0.698. The Hall–Kier alpha value is -2.17. The molecule has 1 unspecified atom stereocenters. The average Bonchev–Trinajstić information content (AvgIpc) is 2.61. The molecule has 0 bridgehead atoms. The van der Waals surface area contributed by atoms with E-state index >= 15 is 0 Å². The van der Waals surface area contributed by atoms with E-state index in [-0.39, 0.29) is 17.5 Å². The summed E-state index contributed by atoms with van der Waals surface area (Å²) in [6.45, 7) is 6.21. The van der Waals surface area contributed by atoms with E-state index in [1.807, 2.05) is 37.3 Å². The third kappa shape index (κ3) is 6.33. The van der Waals surface area contributed by atoms with Gasteiger partial charge in [-0.25, -0.2) is 13.1 Å². The number of rotatable bonds is 9. The zero-order valence-electron chi connectivity index (χ0n) is 14.3. The second-order valence-electron chi connectivity index (χ2n) is 5.71. The topological polar surface area (TPSA) is 55.4 Å². The maximum Gasteiger partial charge on any atom is 0.240 e. The molecular formula is C20H23NO3S. The van der Waals surface area contributed by atoms with E-state index in [1.54, 1.807) is 30.3 Å². The van der Waals surface area contributed by atoms with Gasteiger partial charge in [-0.2, -0.15) is 0 Å². The van der Waals surface area contributed by atoms with Gasteiger partial charge in [-0.05, 0) is 37.1 Å². The van der Waals surface area contributed by atoms with Gasteiger partial charge in [0.05, 0.1) is 17.6 Å². The molecule has 0 aliphatic heterocycles. The Morgan fingerprint density at radius 2 is 1.84 bits per heavy atom. The number of hydrogen-bond acceptors (Lipinski definition) is 3. The third-order valence-corrected chi connectivity index (χ3v) is 5.14. The minimum absolute atomic E-state index is 0.251. The Morgan fingerprint density at radius 1 is 1.16 bits per heavy atom. The van der Waals surface area contributed by atoms with Gasteiger partial charge in [0.15, 0.2) is 0 Å². The van der Waals surface area contributed by atoms with Crippen LogP contribution in [0.25, 0.3) is 0 Å². The molecule has 0 heterocycles. The lowest BCUT2D eigenvalue weighted by atomic mass is 10.2. The first-order valence-corrected chi connectivity index (χ1v) is 9.57. The Bertz CT molecular complexity index is 808. The maximum atomic E-state index is 12.3. The summed E-state index contributed by atoms with van der Waals surface area (Å²) in [6.07, 6.45) is 1.96. The average molecular weight is 357 g/mol. The number of ether oxygens (including phenoxy) is 1. The van der Waals surface area contributed by atoms with Crippen molar-refractivity contribution in [1.29, 1.82) is 0 Å². The van der Waals surface area contributed by atoms with Crippen LogP contribution in [0.2, 0.25) is 0 Å². The standard InChI is InChI=1S/C20H23NO3S/c1-3-7-19(24-16-18-8-5-4-6-9-18)14-15-21-25(22,23)20-12-10-17(2)11-13-20/h4-13,19,21H,1,14-16H2,2H3. The van der Waals surface area contributed by atoms with Crippen molar-refractivity contribution in [3.8, 4) is 0 Å². The van der Waals surface area contributed by atoms with E-state index in [4.69, 9.17) is 4.74 Å². The second kappa shape index (κ2) is 9.35. The van der Waals surface area contributed by atoms with Crippen LogP contribution in [0.4, 0.5) is 0 Å². The number of benzene rings is 2. The molecule has 0 saturated carbocycles. The summed E-state index contributed by atoms with van der Waals surface area (Å²) in [6, 6.07) is 16.6. The molecule has 25 heavy (non-hydrogen) atoms. The van der Waals surface area contributed by atoms with Crippen LogP contribution >= 0.6 is 0 Å². The molecule has 0 aliphatic carbocycles. The maximum absolute atomic E-state index is 12.3. The van der Waals surface area contributed by atoms with E-state index in [0.717, 1.165) is 11.1 Å². The van der Waals surface area contributed by atoms with Crippen molar-refractivity contribution in [3.05, 3.63) is 84.1 Å². The first-order valence-electron chi connectivity index (χ1n) is 8.09. The Kier molecular flexibility index (Phi) is 7.16. The predicted molar refractivity (Wildman–Crippen MR) is 99.7 cm³/mol. The van der Waals surface area contributed by atoms with Gasteiger partial charge in [0.2, 0.25) is 10.0 Å². The zero-order valence-corrected chi connectivity index (χ0v) is 15.1. The Morgan fingerprint density at radius 3 is 2.48 bits per heavy atom. The lowest BCUT2D eigenvalue weighted by Crippen LogP contribution is -2.27. The van der Waals surface area contributed by atoms with Crippen molar-refractivity contribution < 1.29 is 13.2 Å². The number of aryl methyl sites for hydroxylation is 1. The number of nitrogens with one attached hydrogen (secondary N) is 1. The first-order chi connectivity index (χ1) is 12.0. The molecule has 4 nitrogen and oxygen atoms in total. The summed E-state index contributed by atoms with van der Waals surface area (Å²) in [5.41, 5.74) is 4.79. The van der Waals surface area contributed by atoms with Crippen LogP contribution in [0.1, 0.15) is 17.5 Å². The Labute approximate surface area is 149 Å². The molecule has 132 valence electrons. The normalized spacial score (nSPS) is 12.4. The molecule has 0 spiro atoms. The van der Waals surface area contributed by atoms with Crippen molar-refractivity contribution >= 4 is 10.0 Å². The van der Waals surface area contributed by atoms with E-state index in [1.165, 1.54) is 0 Å². The lowest BCUT2D eigenvalue weighted by molar-refractivity contribution is 0.0676. The van der Waals surface area contributed by atoms with Crippen molar-refractivity contribution in [2.24, 2.45) is 0 Å². The smallest absolute Gasteiger partial charge is 0.240 e. The van der Waals surface area contributed by atoms with Gasteiger partial charge in [-0.15, -0.1) is 5.73 Å². The molecular weight excluding hydrogens is 334 g/mol. The molecule has 2 aromatic carbocycles. The highest BCUT2D eigenvalue weighted by Gasteiger charge is 2.14. The van der Waals surface area contributed by atoms with Gasteiger partial charge in [0, 0.05) is 6.54 Å². The monoisotopic (exact) mass is 357 g/mol. The molecule has 0 saturated heterocycles. The molecule has 0 radical (unpaired) electrons. The van der Waals surface area contributed by atoms with Gasteiger partial charge in [0.25, 0.3) is 0 Å². The highest BCUT2D eigenvalue weighted by molar-refractivity contribution is 7.89. The summed E-state index contributed by atoms with van der Waals surface area (Å²) in [5, 5.41) is 0. The van der Waals surface area contributed by atoms with Crippen molar-refractivity contribution in [2.45, 2.75) is 31.0 Å². The Balaban J connectivity index is 1.88. The van der Waals surface area contributed by atoms with Gasteiger partial charge in [-0.3, -0.25) is 0 Å². The molecule has 2 rings (SSSR count). The molecule has 0 aromatic heterocycles. The molecule has 1 atom stereocenters. The van der Waals surface area contributed by atoms with Crippen LogP contribution in [0.15, 0.2) is 77.9 Å². The van der Waals surface area contributed by atoms with Crippen LogP contribution in [0, 0.1) is 6.92 Å². The minimum Gasteiger partial charge on any atom is -0.369 e. The van der Waals surface area contributed by atoms with Gasteiger partial charge in [0.1, 0.15) is 0 Å². The second-order valence-corrected chi connectivity index (χ2v) is 7.47. The van der Waals surface area contributed by atoms with Crippen LogP contribution in [-0.2, 0) is 21.4 Å². The first kappa shape index (κ1) is 19.2. The van der Waals surface area contributed by atoms with Crippen molar-refractivity contribution in [2.75, 3.05) is 6.54 Å². The summed E-state index contributed by atoms with van der Waals surface area (Å²) in [5.74, 6) is 0. The van der Waals surface area contributed by atoms with E-state index in [0.29, 0.717) is 13.0 Å². The van der Waals surface area contributed by atoms with Crippen LogP contribution in [-0.4, -0.2) is 21.1 Å². The van der Waals surface area contributed by atoms with Crippen LogP contribution in [0.5, 0.6) is 0 Å². The van der Waals surface area contributed by atoms with Gasteiger partial charge < -0.3 is 4.74 Å². The summed E-state index contributed by atoms with van der Waals surface area (Å²) in [7, 11) is -3.51. The van der Waals surface area contributed by atoms with E-state index in [2.05, 4.69) is 17.0 Å².